The zero-order valence-corrected chi connectivity index (χ0v) is 14.3. The van der Waals surface area contributed by atoms with Crippen molar-refractivity contribution >= 4 is 15.8 Å². The van der Waals surface area contributed by atoms with E-state index < -0.39 is 10.0 Å². The number of unbranched alkanes of at least 4 members (excludes halogenated alkanes) is 1. The Bertz CT molecular complexity index is 531. The van der Waals surface area contributed by atoms with Crippen LogP contribution in [0.4, 0.5) is 5.82 Å². The maximum Gasteiger partial charge on any atom is 0.243 e. The highest BCUT2D eigenvalue weighted by atomic mass is 32.2. The molecule has 0 radical (unpaired) electrons. The predicted molar refractivity (Wildman–Crippen MR) is 87.0 cm³/mol. The van der Waals surface area contributed by atoms with E-state index in [-0.39, 0.29) is 6.04 Å². The predicted octanol–water partition coefficient (Wildman–Crippen LogP) is 3.10. The van der Waals surface area contributed by atoms with Crippen molar-refractivity contribution in [2.24, 2.45) is 0 Å². The van der Waals surface area contributed by atoms with Gasteiger partial charge in [0.1, 0.15) is 5.82 Å². The Balaban J connectivity index is 3.12. The SMILES string of the molecule is CCCCN(C(C)CC)S(=O)(=O)c1ccnc(NCC)c1. The van der Waals surface area contributed by atoms with Crippen molar-refractivity contribution in [1.29, 1.82) is 0 Å². The largest absolute Gasteiger partial charge is 0.370 e. The van der Waals surface area contributed by atoms with Crippen LogP contribution in [0, 0.1) is 0 Å². The molecule has 0 aliphatic carbocycles. The number of nitrogens with zero attached hydrogens (tertiary/aromatic N) is 2. The fourth-order valence-corrected chi connectivity index (χ4v) is 3.84. The molecule has 6 heteroatoms. The maximum absolute atomic E-state index is 12.9. The fraction of sp³-hybridized carbons (Fsp3) is 0.667. The molecular weight excluding hydrogens is 286 g/mol. The zero-order chi connectivity index (χ0) is 15.9. The molecule has 0 amide bonds. The summed E-state index contributed by atoms with van der Waals surface area (Å²) in [6.45, 7) is 9.26. The van der Waals surface area contributed by atoms with E-state index >= 15 is 0 Å². The second-order valence-corrected chi connectivity index (χ2v) is 7.02. The minimum atomic E-state index is -3.47. The van der Waals surface area contributed by atoms with E-state index in [0.29, 0.717) is 23.8 Å². The third-order valence-corrected chi connectivity index (χ3v) is 5.52. The summed E-state index contributed by atoms with van der Waals surface area (Å²) in [4.78, 5) is 4.45. The van der Waals surface area contributed by atoms with E-state index in [0.717, 1.165) is 19.3 Å². The number of anilines is 1. The molecule has 1 aromatic heterocycles. The molecule has 0 fully saturated rings. The van der Waals surface area contributed by atoms with Crippen LogP contribution in [-0.2, 0) is 10.0 Å². The molecule has 0 saturated carbocycles. The molecule has 1 rings (SSSR count). The molecule has 21 heavy (non-hydrogen) atoms. The van der Waals surface area contributed by atoms with Crippen LogP contribution in [0.15, 0.2) is 23.2 Å². The first-order chi connectivity index (χ1) is 9.97. The lowest BCUT2D eigenvalue weighted by Gasteiger charge is -2.27. The van der Waals surface area contributed by atoms with Crippen LogP contribution in [-0.4, -0.2) is 36.8 Å². The first-order valence-corrected chi connectivity index (χ1v) is 9.13. The standard InChI is InChI=1S/C15H27N3O2S/c1-5-8-11-18(13(4)6-2)21(19,20)14-9-10-17-15(12-14)16-7-3/h9-10,12-13H,5-8,11H2,1-4H3,(H,16,17). The molecule has 1 N–H and O–H groups in total. The number of hydrogen-bond acceptors (Lipinski definition) is 4. The smallest absolute Gasteiger partial charge is 0.243 e. The molecule has 0 spiro atoms. The van der Waals surface area contributed by atoms with Gasteiger partial charge in [-0.15, -0.1) is 0 Å². The molecule has 0 bridgehead atoms. The highest BCUT2D eigenvalue weighted by molar-refractivity contribution is 7.89. The summed E-state index contributed by atoms with van der Waals surface area (Å²) in [6.07, 6.45) is 4.18. The Morgan fingerprint density at radius 3 is 2.62 bits per heavy atom. The molecule has 1 atom stereocenters. The third kappa shape index (κ3) is 4.68. The lowest BCUT2D eigenvalue weighted by Crippen LogP contribution is -2.39. The molecule has 120 valence electrons. The summed E-state index contributed by atoms with van der Waals surface area (Å²) >= 11 is 0. The molecule has 0 saturated heterocycles. The summed E-state index contributed by atoms with van der Waals surface area (Å²) < 4.78 is 27.3. The number of rotatable bonds is 9. The normalized spacial score (nSPS) is 13.4. The quantitative estimate of drug-likeness (QED) is 0.761. The first-order valence-electron chi connectivity index (χ1n) is 7.69. The van der Waals surface area contributed by atoms with Crippen LogP contribution in [0.2, 0.25) is 0 Å². The molecule has 1 aromatic rings. The van der Waals surface area contributed by atoms with Crippen molar-refractivity contribution in [3.05, 3.63) is 18.3 Å². The van der Waals surface area contributed by atoms with Crippen molar-refractivity contribution in [2.75, 3.05) is 18.4 Å². The van der Waals surface area contributed by atoms with Gasteiger partial charge in [-0.2, -0.15) is 4.31 Å². The van der Waals surface area contributed by atoms with Gasteiger partial charge in [-0.3, -0.25) is 0 Å². The first kappa shape index (κ1) is 17.9. The third-order valence-electron chi connectivity index (χ3n) is 3.51. The molecular formula is C15H27N3O2S. The van der Waals surface area contributed by atoms with Gasteiger partial charge < -0.3 is 5.32 Å². The van der Waals surface area contributed by atoms with Gasteiger partial charge in [-0.25, -0.2) is 13.4 Å². The zero-order valence-electron chi connectivity index (χ0n) is 13.5. The van der Waals surface area contributed by atoms with Crippen molar-refractivity contribution in [3.8, 4) is 0 Å². The lowest BCUT2D eigenvalue weighted by molar-refractivity contribution is 0.324. The van der Waals surface area contributed by atoms with E-state index in [9.17, 15) is 8.42 Å². The number of nitrogens with one attached hydrogen (secondary N) is 1. The molecule has 1 heterocycles. The van der Waals surface area contributed by atoms with Crippen molar-refractivity contribution in [2.45, 2.75) is 57.9 Å². The van der Waals surface area contributed by atoms with Crippen molar-refractivity contribution in [3.63, 3.8) is 0 Å². The minimum Gasteiger partial charge on any atom is -0.370 e. The Hall–Kier alpha value is -1.14. The van der Waals surface area contributed by atoms with Gasteiger partial charge in [0.2, 0.25) is 10.0 Å². The van der Waals surface area contributed by atoms with Gasteiger partial charge in [-0.1, -0.05) is 20.3 Å². The van der Waals surface area contributed by atoms with E-state index in [1.807, 2.05) is 20.8 Å². The van der Waals surface area contributed by atoms with Crippen LogP contribution < -0.4 is 5.32 Å². The molecule has 0 aliphatic rings. The second kappa shape index (κ2) is 8.34. The monoisotopic (exact) mass is 313 g/mol. The highest BCUT2D eigenvalue weighted by Crippen LogP contribution is 2.21. The molecule has 5 nitrogen and oxygen atoms in total. The van der Waals surface area contributed by atoms with Crippen LogP contribution in [0.25, 0.3) is 0 Å². The summed E-state index contributed by atoms with van der Waals surface area (Å²) in [5.41, 5.74) is 0. The van der Waals surface area contributed by atoms with Gasteiger partial charge in [0.05, 0.1) is 4.90 Å². The van der Waals surface area contributed by atoms with Crippen molar-refractivity contribution in [1.82, 2.24) is 9.29 Å². The van der Waals surface area contributed by atoms with E-state index in [1.165, 1.54) is 0 Å². The van der Waals surface area contributed by atoms with Crippen LogP contribution in [0.1, 0.15) is 47.0 Å². The lowest BCUT2D eigenvalue weighted by atomic mass is 10.2. The van der Waals surface area contributed by atoms with Crippen LogP contribution in [0.5, 0.6) is 0 Å². The highest BCUT2D eigenvalue weighted by Gasteiger charge is 2.28. The molecule has 0 aromatic carbocycles. The van der Waals surface area contributed by atoms with Crippen LogP contribution in [0.3, 0.4) is 0 Å². The average molecular weight is 313 g/mol. The number of aromatic nitrogens is 1. The average Bonchev–Trinajstić information content (AvgIpc) is 2.47. The Kier molecular flexibility index (Phi) is 7.11. The number of pyridine rings is 1. The summed E-state index contributed by atoms with van der Waals surface area (Å²) in [5.74, 6) is 0.596. The fourth-order valence-electron chi connectivity index (χ4n) is 2.08. The Morgan fingerprint density at radius 2 is 2.05 bits per heavy atom. The number of sulfonamides is 1. The summed E-state index contributed by atoms with van der Waals surface area (Å²) in [6, 6.07) is 3.18. The number of hydrogen-bond donors (Lipinski definition) is 1. The van der Waals surface area contributed by atoms with E-state index in [1.54, 1.807) is 22.6 Å². The summed E-state index contributed by atoms with van der Waals surface area (Å²) in [7, 11) is -3.47. The summed E-state index contributed by atoms with van der Waals surface area (Å²) in [5, 5.41) is 3.05. The Morgan fingerprint density at radius 1 is 1.33 bits per heavy atom. The second-order valence-electron chi connectivity index (χ2n) is 5.13. The van der Waals surface area contributed by atoms with E-state index in [4.69, 9.17) is 0 Å². The van der Waals surface area contributed by atoms with Gasteiger partial charge >= 0.3 is 0 Å². The van der Waals surface area contributed by atoms with Crippen LogP contribution >= 0.6 is 0 Å². The molecule has 0 aliphatic heterocycles. The van der Waals surface area contributed by atoms with Crippen molar-refractivity contribution < 1.29 is 8.42 Å². The maximum atomic E-state index is 12.9. The minimum absolute atomic E-state index is 0.00250. The van der Waals surface area contributed by atoms with Gasteiger partial charge in [0.15, 0.2) is 0 Å². The van der Waals surface area contributed by atoms with Gasteiger partial charge in [0, 0.05) is 31.4 Å². The topological polar surface area (TPSA) is 62.3 Å². The van der Waals surface area contributed by atoms with Gasteiger partial charge in [0.25, 0.3) is 0 Å². The Labute approximate surface area is 128 Å². The van der Waals surface area contributed by atoms with Gasteiger partial charge in [-0.05, 0) is 32.8 Å². The molecule has 1 unspecified atom stereocenters. The van der Waals surface area contributed by atoms with E-state index in [2.05, 4.69) is 17.2 Å².